The molecule has 0 aromatic heterocycles. The molecule has 7 nitrogen and oxygen atoms in total. The second-order valence-corrected chi connectivity index (χ2v) is 7.39. The van der Waals surface area contributed by atoms with Gasteiger partial charge < -0.3 is 20.1 Å². The van der Waals surface area contributed by atoms with Crippen molar-refractivity contribution in [1.82, 2.24) is 5.32 Å². The van der Waals surface area contributed by atoms with E-state index in [4.69, 9.17) is 9.47 Å². The van der Waals surface area contributed by atoms with Crippen LogP contribution < -0.4 is 10.6 Å². The van der Waals surface area contributed by atoms with Crippen LogP contribution in [-0.2, 0) is 23.9 Å². The molecule has 1 fully saturated rings. The molecule has 1 saturated carbocycles. The molecule has 2 N–H and O–H groups in total. The lowest BCUT2D eigenvalue weighted by Gasteiger charge is -2.58. The highest BCUT2D eigenvalue weighted by Crippen LogP contribution is 2.52. The van der Waals surface area contributed by atoms with E-state index >= 15 is 0 Å². The smallest absolute Gasteiger partial charge is 0.332 e. The summed E-state index contributed by atoms with van der Waals surface area (Å²) in [5, 5.41) is 5.51. The average molecular weight is 388 g/mol. The summed E-state index contributed by atoms with van der Waals surface area (Å²) in [6, 6.07) is 7.06. The van der Waals surface area contributed by atoms with Gasteiger partial charge in [-0.2, -0.15) is 0 Å². The molecule has 1 aromatic carbocycles. The van der Waals surface area contributed by atoms with E-state index in [1.165, 1.54) is 20.1 Å². The first-order chi connectivity index (χ1) is 13.2. The van der Waals surface area contributed by atoms with Crippen LogP contribution in [0, 0.1) is 5.41 Å². The highest BCUT2D eigenvalue weighted by atomic mass is 16.5. The van der Waals surface area contributed by atoms with Crippen molar-refractivity contribution >= 4 is 29.5 Å². The molecule has 152 valence electrons. The molecule has 2 rings (SSSR count). The van der Waals surface area contributed by atoms with E-state index in [-0.39, 0.29) is 17.9 Å². The summed E-state index contributed by atoms with van der Waals surface area (Å²) >= 11 is 0. The standard InChI is InChI=1S/C21H28N2O5/c1-6-28-17-13-21(19(26)27-5,20(17,3)4)23-18(25)12-9-15-7-10-16(11-8-15)22-14(2)24/h7-12,17H,6,13H2,1-5H3,(H,22,24)(H,23,25)/b12-9+. The minimum Gasteiger partial charge on any atom is -0.467 e. The number of amides is 2. The largest absolute Gasteiger partial charge is 0.467 e. The Balaban J connectivity index is 2.09. The van der Waals surface area contributed by atoms with E-state index in [9.17, 15) is 14.4 Å². The molecule has 0 spiro atoms. The number of nitrogens with one attached hydrogen (secondary N) is 2. The highest BCUT2D eigenvalue weighted by Gasteiger charge is 2.66. The number of benzene rings is 1. The molecule has 2 amide bonds. The van der Waals surface area contributed by atoms with E-state index in [1.807, 2.05) is 20.8 Å². The van der Waals surface area contributed by atoms with Crippen LogP contribution in [-0.4, -0.2) is 43.1 Å². The maximum atomic E-state index is 12.5. The Morgan fingerprint density at radius 2 is 1.86 bits per heavy atom. The van der Waals surface area contributed by atoms with Gasteiger partial charge in [-0.15, -0.1) is 0 Å². The number of hydrogen-bond acceptors (Lipinski definition) is 5. The van der Waals surface area contributed by atoms with Crippen molar-refractivity contribution in [3.63, 3.8) is 0 Å². The average Bonchev–Trinajstić information content (AvgIpc) is 2.65. The Bertz CT molecular complexity index is 770. The Labute approximate surface area is 165 Å². The number of carbonyl (C=O) groups excluding carboxylic acids is 3. The van der Waals surface area contributed by atoms with Crippen molar-refractivity contribution in [2.24, 2.45) is 5.41 Å². The van der Waals surface area contributed by atoms with Gasteiger partial charge in [0.05, 0.1) is 13.2 Å². The summed E-state index contributed by atoms with van der Waals surface area (Å²) in [5.41, 5.74) is -0.258. The normalized spacial score (nSPS) is 23.0. The zero-order valence-electron chi connectivity index (χ0n) is 17.0. The van der Waals surface area contributed by atoms with Gasteiger partial charge in [-0.05, 0) is 30.7 Å². The zero-order valence-corrected chi connectivity index (χ0v) is 17.0. The van der Waals surface area contributed by atoms with E-state index in [0.717, 1.165) is 5.56 Å². The summed E-state index contributed by atoms with van der Waals surface area (Å²) in [6.45, 7) is 7.64. The van der Waals surface area contributed by atoms with Gasteiger partial charge in [-0.25, -0.2) is 4.79 Å². The first kappa shape index (κ1) is 21.6. The Morgan fingerprint density at radius 1 is 1.21 bits per heavy atom. The minimum atomic E-state index is -1.13. The minimum absolute atomic E-state index is 0.137. The Hall–Kier alpha value is -2.67. The van der Waals surface area contributed by atoms with Gasteiger partial charge in [0.2, 0.25) is 11.8 Å². The molecule has 1 aliphatic rings. The van der Waals surface area contributed by atoms with Crippen molar-refractivity contribution < 1.29 is 23.9 Å². The molecular weight excluding hydrogens is 360 g/mol. The molecule has 0 aliphatic heterocycles. The molecule has 2 unspecified atom stereocenters. The highest BCUT2D eigenvalue weighted by molar-refractivity contribution is 5.97. The molecule has 0 radical (unpaired) electrons. The lowest BCUT2D eigenvalue weighted by molar-refractivity contribution is -0.196. The van der Waals surface area contributed by atoms with Gasteiger partial charge in [-0.3, -0.25) is 9.59 Å². The third-order valence-electron chi connectivity index (χ3n) is 5.29. The molecule has 2 atom stereocenters. The fourth-order valence-corrected chi connectivity index (χ4v) is 3.50. The molecule has 1 aliphatic carbocycles. The zero-order chi connectivity index (χ0) is 20.9. The molecule has 1 aromatic rings. The molecule has 28 heavy (non-hydrogen) atoms. The summed E-state index contributed by atoms with van der Waals surface area (Å²) in [6.07, 6.45) is 3.25. The molecular formula is C21H28N2O5. The first-order valence-corrected chi connectivity index (χ1v) is 9.24. The van der Waals surface area contributed by atoms with E-state index < -0.39 is 16.9 Å². The second kappa shape index (κ2) is 8.56. The van der Waals surface area contributed by atoms with Crippen LogP contribution in [0.15, 0.2) is 30.3 Å². The fourth-order valence-electron chi connectivity index (χ4n) is 3.50. The second-order valence-electron chi connectivity index (χ2n) is 7.39. The van der Waals surface area contributed by atoms with Gasteiger partial charge in [0, 0.05) is 37.1 Å². The van der Waals surface area contributed by atoms with Crippen LogP contribution in [0.25, 0.3) is 6.08 Å². The van der Waals surface area contributed by atoms with Crippen LogP contribution in [0.5, 0.6) is 0 Å². The van der Waals surface area contributed by atoms with Crippen LogP contribution in [0.1, 0.15) is 39.7 Å². The number of rotatable bonds is 7. The van der Waals surface area contributed by atoms with Crippen molar-refractivity contribution in [1.29, 1.82) is 0 Å². The number of methoxy groups -OCH3 is 1. The summed E-state index contributed by atoms with van der Waals surface area (Å²) in [7, 11) is 1.31. The number of esters is 1. The van der Waals surface area contributed by atoms with Gasteiger partial charge in [-0.1, -0.05) is 26.0 Å². The van der Waals surface area contributed by atoms with Gasteiger partial charge in [0.15, 0.2) is 0 Å². The first-order valence-electron chi connectivity index (χ1n) is 9.24. The van der Waals surface area contributed by atoms with E-state index in [0.29, 0.717) is 18.7 Å². The van der Waals surface area contributed by atoms with Crippen LogP contribution >= 0.6 is 0 Å². The third kappa shape index (κ3) is 4.25. The number of ether oxygens (including phenoxy) is 2. The lowest BCUT2D eigenvalue weighted by atomic mass is 9.54. The van der Waals surface area contributed by atoms with Crippen molar-refractivity contribution in [2.75, 3.05) is 19.0 Å². The summed E-state index contributed by atoms with van der Waals surface area (Å²) in [4.78, 5) is 36.0. The van der Waals surface area contributed by atoms with Gasteiger partial charge in [0.25, 0.3) is 0 Å². The number of carbonyl (C=O) groups is 3. The Morgan fingerprint density at radius 3 is 2.36 bits per heavy atom. The fraction of sp³-hybridized carbons (Fsp3) is 0.476. The maximum Gasteiger partial charge on any atom is 0.332 e. The predicted octanol–water partition coefficient (Wildman–Crippen LogP) is 2.52. The molecule has 0 bridgehead atoms. The van der Waals surface area contributed by atoms with Crippen molar-refractivity contribution in [3.8, 4) is 0 Å². The quantitative estimate of drug-likeness (QED) is 0.553. The number of hydrogen-bond donors (Lipinski definition) is 2. The van der Waals surface area contributed by atoms with E-state index in [2.05, 4.69) is 10.6 Å². The van der Waals surface area contributed by atoms with Crippen LogP contribution in [0.2, 0.25) is 0 Å². The van der Waals surface area contributed by atoms with Crippen LogP contribution in [0.3, 0.4) is 0 Å². The lowest BCUT2D eigenvalue weighted by Crippen LogP contribution is -2.76. The topological polar surface area (TPSA) is 93.7 Å². The monoisotopic (exact) mass is 388 g/mol. The van der Waals surface area contributed by atoms with Gasteiger partial charge >= 0.3 is 5.97 Å². The van der Waals surface area contributed by atoms with Crippen molar-refractivity contribution in [3.05, 3.63) is 35.9 Å². The summed E-state index contributed by atoms with van der Waals surface area (Å²) in [5.74, 6) is -1.02. The van der Waals surface area contributed by atoms with Crippen LogP contribution in [0.4, 0.5) is 5.69 Å². The Kier molecular flexibility index (Phi) is 6.61. The number of anilines is 1. The molecule has 0 heterocycles. The third-order valence-corrected chi connectivity index (χ3v) is 5.29. The summed E-state index contributed by atoms with van der Waals surface area (Å²) < 4.78 is 10.6. The SMILES string of the molecule is CCOC1CC(NC(=O)/C=C/c2ccc(NC(C)=O)cc2)(C(=O)OC)C1(C)C. The predicted molar refractivity (Wildman–Crippen MR) is 106 cm³/mol. The molecule has 7 heteroatoms. The molecule has 0 saturated heterocycles. The van der Waals surface area contributed by atoms with Crippen molar-refractivity contribution in [2.45, 2.75) is 45.8 Å². The van der Waals surface area contributed by atoms with E-state index in [1.54, 1.807) is 30.3 Å². The maximum absolute atomic E-state index is 12.5. The van der Waals surface area contributed by atoms with Gasteiger partial charge in [0.1, 0.15) is 5.54 Å².